The van der Waals surface area contributed by atoms with Crippen molar-refractivity contribution in [2.24, 2.45) is 0 Å². The van der Waals surface area contributed by atoms with E-state index in [0.717, 1.165) is 6.42 Å². The first-order chi connectivity index (χ1) is 9.54. The van der Waals surface area contributed by atoms with Gasteiger partial charge in [0, 0.05) is 11.1 Å². The second kappa shape index (κ2) is 6.10. The zero-order valence-electron chi connectivity index (χ0n) is 11.7. The minimum absolute atomic E-state index is 0.0991. The number of nitrogen functional groups attached to an aromatic ring is 1. The fraction of sp³-hybridized carbons (Fsp3) is 0.235. The standard InChI is InChI=1S/C17H18ClNO/c1-3-11(2)12-7-9-13(10-8-12)17(20)14-5-4-6-15(19)16(14)18/h4-11H,3,19H2,1-2H3. The highest BCUT2D eigenvalue weighted by atomic mass is 35.5. The fourth-order valence-electron chi connectivity index (χ4n) is 2.08. The molecule has 0 saturated heterocycles. The van der Waals surface area contributed by atoms with Crippen LogP contribution in [0.2, 0.25) is 5.02 Å². The van der Waals surface area contributed by atoms with E-state index in [-0.39, 0.29) is 5.78 Å². The van der Waals surface area contributed by atoms with Gasteiger partial charge in [-0.05, 0) is 30.0 Å². The second-order valence-corrected chi connectivity index (χ2v) is 5.35. The number of hydrogen-bond acceptors (Lipinski definition) is 2. The summed E-state index contributed by atoms with van der Waals surface area (Å²) < 4.78 is 0. The summed E-state index contributed by atoms with van der Waals surface area (Å²) in [4.78, 5) is 12.4. The van der Waals surface area contributed by atoms with Crippen LogP contribution in [0.15, 0.2) is 42.5 Å². The number of benzene rings is 2. The molecule has 0 radical (unpaired) electrons. The molecule has 1 atom stereocenters. The highest BCUT2D eigenvalue weighted by Crippen LogP contribution is 2.26. The fourth-order valence-corrected chi connectivity index (χ4v) is 2.29. The molecule has 0 fully saturated rings. The molecule has 0 heterocycles. The Balaban J connectivity index is 2.32. The Hall–Kier alpha value is -1.80. The highest BCUT2D eigenvalue weighted by molar-refractivity contribution is 6.37. The minimum Gasteiger partial charge on any atom is -0.398 e. The Morgan fingerprint density at radius 1 is 1.20 bits per heavy atom. The number of rotatable bonds is 4. The van der Waals surface area contributed by atoms with E-state index in [1.807, 2.05) is 24.3 Å². The number of carbonyl (C=O) groups is 1. The van der Waals surface area contributed by atoms with Crippen molar-refractivity contribution in [1.82, 2.24) is 0 Å². The highest BCUT2D eigenvalue weighted by Gasteiger charge is 2.14. The molecule has 1 unspecified atom stereocenters. The largest absolute Gasteiger partial charge is 0.398 e. The van der Waals surface area contributed by atoms with Gasteiger partial charge in [-0.3, -0.25) is 4.79 Å². The van der Waals surface area contributed by atoms with E-state index >= 15 is 0 Å². The lowest BCUT2D eigenvalue weighted by Crippen LogP contribution is -2.04. The Kier molecular flexibility index (Phi) is 4.46. The Labute approximate surface area is 124 Å². The molecule has 104 valence electrons. The van der Waals surface area contributed by atoms with Gasteiger partial charge < -0.3 is 5.73 Å². The molecule has 2 N–H and O–H groups in total. The smallest absolute Gasteiger partial charge is 0.194 e. The molecule has 0 bridgehead atoms. The first-order valence-corrected chi connectivity index (χ1v) is 7.11. The molecule has 2 nitrogen and oxygen atoms in total. The van der Waals surface area contributed by atoms with Crippen LogP contribution in [0.4, 0.5) is 5.69 Å². The van der Waals surface area contributed by atoms with E-state index in [9.17, 15) is 4.79 Å². The average molecular weight is 288 g/mol. The maximum absolute atomic E-state index is 12.4. The molecule has 0 aliphatic carbocycles. The van der Waals surface area contributed by atoms with Gasteiger partial charge in [0.15, 0.2) is 5.78 Å². The summed E-state index contributed by atoms with van der Waals surface area (Å²) in [6.07, 6.45) is 1.08. The van der Waals surface area contributed by atoms with E-state index in [4.69, 9.17) is 17.3 Å². The molecule has 0 saturated carbocycles. The van der Waals surface area contributed by atoms with Crippen molar-refractivity contribution < 1.29 is 4.79 Å². The molecule has 2 rings (SSSR count). The average Bonchev–Trinajstić information content (AvgIpc) is 2.48. The topological polar surface area (TPSA) is 43.1 Å². The van der Waals surface area contributed by atoms with Crippen molar-refractivity contribution in [3.8, 4) is 0 Å². The van der Waals surface area contributed by atoms with Crippen molar-refractivity contribution in [2.45, 2.75) is 26.2 Å². The minimum atomic E-state index is -0.0991. The lowest BCUT2D eigenvalue weighted by Gasteiger charge is -2.10. The van der Waals surface area contributed by atoms with Crippen molar-refractivity contribution in [1.29, 1.82) is 0 Å². The predicted octanol–water partition coefficient (Wildman–Crippen LogP) is 4.67. The summed E-state index contributed by atoms with van der Waals surface area (Å²) in [6, 6.07) is 12.8. The lowest BCUT2D eigenvalue weighted by atomic mass is 9.95. The van der Waals surface area contributed by atoms with E-state index in [2.05, 4.69) is 13.8 Å². The molecule has 0 spiro atoms. The van der Waals surface area contributed by atoms with Gasteiger partial charge in [-0.2, -0.15) is 0 Å². The summed E-state index contributed by atoms with van der Waals surface area (Å²) in [5, 5.41) is 0.323. The van der Waals surface area contributed by atoms with Crippen LogP contribution in [0, 0.1) is 0 Å². The van der Waals surface area contributed by atoms with Crippen molar-refractivity contribution in [3.05, 3.63) is 64.2 Å². The van der Waals surface area contributed by atoms with Gasteiger partial charge in [0.05, 0.1) is 10.7 Å². The summed E-state index contributed by atoms with van der Waals surface area (Å²) in [5.41, 5.74) is 8.47. The maximum atomic E-state index is 12.4. The van der Waals surface area contributed by atoms with Crippen LogP contribution in [-0.4, -0.2) is 5.78 Å². The molecule has 3 heteroatoms. The number of nitrogens with two attached hydrogens (primary N) is 1. The molecular weight excluding hydrogens is 270 g/mol. The van der Waals surface area contributed by atoms with Gasteiger partial charge in [0.25, 0.3) is 0 Å². The zero-order chi connectivity index (χ0) is 14.7. The number of anilines is 1. The maximum Gasteiger partial charge on any atom is 0.194 e. The van der Waals surface area contributed by atoms with E-state index < -0.39 is 0 Å². The summed E-state index contributed by atoms with van der Waals surface area (Å²) in [6.45, 7) is 4.32. The molecule has 0 aromatic heterocycles. The van der Waals surface area contributed by atoms with Crippen LogP contribution in [0.3, 0.4) is 0 Å². The summed E-state index contributed by atoms with van der Waals surface area (Å²) in [7, 11) is 0. The van der Waals surface area contributed by atoms with Gasteiger partial charge >= 0.3 is 0 Å². The number of carbonyl (C=O) groups excluding carboxylic acids is 1. The van der Waals surface area contributed by atoms with Crippen molar-refractivity contribution in [2.75, 3.05) is 5.73 Å². The number of halogens is 1. The van der Waals surface area contributed by atoms with Crippen LogP contribution >= 0.6 is 11.6 Å². The van der Waals surface area contributed by atoms with E-state index in [0.29, 0.717) is 27.8 Å². The molecule has 0 aliphatic heterocycles. The predicted molar refractivity (Wildman–Crippen MR) is 84.4 cm³/mol. The Morgan fingerprint density at radius 2 is 1.85 bits per heavy atom. The van der Waals surface area contributed by atoms with Gasteiger partial charge in [-0.15, -0.1) is 0 Å². The summed E-state index contributed by atoms with van der Waals surface area (Å²) >= 11 is 6.10. The first kappa shape index (κ1) is 14.6. The van der Waals surface area contributed by atoms with Crippen LogP contribution in [0.5, 0.6) is 0 Å². The van der Waals surface area contributed by atoms with Gasteiger partial charge in [-0.1, -0.05) is 55.8 Å². The van der Waals surface area contributed by atoms with Crippen molar-refractivity contribution >= 4 is 23.1 Å². The van der Waals surface area contributed by atoms with Gasteiger partial charge in [-0.25, -0.2) is 0 Å². The van der Waals surface area contributed by atoms with Gasteiger partial charge in [0.1, 0.15) is 0 Å². The zero-order valence-corrected chi connectivity index (χ0v) is 12.4. The van der Waals surface area contributed by atoms with Gasteiger partial charge in [0.2, 0.25) is 0 Å². The molecule has 2 aromatic rings. The Morgan fingerprint density at radius 3 is 2.45 bits per heavy atom. The van der Waals surface area contributed by atoms with E-state index in [1.54, 1.807) is 18.2 Å². The number of hydrogen-bond donors (Lipinski definition) is 1. The first-order valence-electron chi connectivity index (χ1n) is 6.73. The number of ketones is 1. The SMILES string of the molecule is CCC(C)c1ccc(C(=O)c2cccc(N)c2Cl)cc1. The normalized spacial score (nSPS) is 12.2. The quantitative estimate of drug-likeness (QED) is 0.656. The molecule has 2 aromatic carbocycles. The molecular formula is C17H18ClNO. The van der Waals surface area contributed by atoms with Crippen LogP contribution in [0.1, 0.15) is 47.7 Å². The Bertz CT molecular complexity index is 619. The third-order valence-electron chi connectivity index (χ3n) is 3.63. The molecule has 0 aliphatic rings. The van der Waals surface area contributed by atoms with Crippen molar-refractivity contribution in [3.63, 3.8) is 0 Å². The third kappa shape index (κ3) is 2.86. The molecule has 0 amide bonds. The van der Waals surface area contributed by atoms with Crippen LogP contribution in [0.25, 0.3) is 0 Å². The van der Waals surface area contributed by atoms with Crippen LogP contribution < -0.4 is 5.73 Å². The van der Waals surface area contributed by atoms with E-state index in [1.165, 1.54) is 5.56 Å². The summed E-state index contributed by atoms with van der Waals surface area (Å²) in [5.74, 6) is 0.396. The third-order valence-corrected chi connectivity index (χ3v) is 4.05. The lowest BCUT2D eigenvalue weighted by molar-refractivity contribution is 0.103. The monoisotopic (exact) mass is 287 g/mol. The van der Waals surface area contributed by atoms with Crippen LogP contribution in [-0.2, 0) is 0 Å². The second-order valence-electron chi connectivity index (χ2n) is 4.97. The molecule has 20 heavy (non-hydrogen) atoms.